The van der Waals surface area contributed by atoms with Gasteiger partial charge in [0, 0.05) is 13.2 Å². The minimum atomic E-state index is -0.385. The van der Waals surface area contributed by atoms with Gasteiger partial charge in [-0.3, -0.25) is 4.79 Å². The Hall–Kier alpha value is -1.92. The second-order valence-electron chi connectivity index (χ2n) is 5.53. The number of amides is 1. The van der Waals surface area contributed by atoms with Crippen LogP contribution < -0.4 is 10.1 Å². The maximum atomic E-state index is 12.4. The van der Waals surface area contributed by atoms with Gasteiger partial charge in [-0.15, -0.1) is 0 Å². The van der Waals surface area contributed by atoms with E-state index in [4.69, 9.17) is 9.47 Å². The largest absolute Gasteiger partial charge is 0.445 e. The zero-order valence-electron chi connectivity index (χ0n) is 12.4. The summed E-state index contributed by atoms with van der Waals surface area (Å²) < 4.78 is 11.0. The number of nitrogens with zero attached hydrogens (tertiary/aromatic N) is 1. The van der Waals surface area contributed by atoms with Crippen molar-refractivity contribution in [3.8, 4) is 10.8 Å². The Bertz CT molecular complexity index is 636. The first-order chi connectivity index (χ1) is 10.7. The van der Waals surface area contributed by atoms with Crippen molar-refractivity contribution in [3.63, 3.8) is 0 Å². The molecule has 2 aromatic rings. The van der Waals surface area contributed by atoms with Gasteiger partial charge < -0.3 is 14.8 Å². The van der Waals surface area contributed by atoms with Crippen LogP contribution in [0.3, 0.4) is 0 Å². The lowest BCUT2D eigenvalue weighted by atomic mass is 9.81. The molecule has 1 aliphatic heterocycles. The van der Waals surface area contributed by atoms with E-state index in [1.165, 1.54) is 11.3 Å². The Morgan fingerprint density at radius 2 is 2.05 bits per heavy atom. The third-order valence-corrected chi connectivity index (χ3v) is 4.60. The van der Waals surface area contributed by atoms with Crippen molar-refractivity contribution in [2.75, 3.05) is 18.5 Å². The standard InChI is InChI=1S/C16H18N2O3S/c1-16(7-9-20-10-8-16)14(19)18-15-17-11-13(22-15)21-12-5-3-2-4-6-12/h2-6,11H,7-10H2,1H3,(H,17,18,19). The molecule has 5 nitrogen and oxygen atoms in total. The summed E-state index contributed by atoms with van der Waals surface area (Å²) >= 11 is 1.32. The Kier molecular flexibility index (Phi) is 4.40. The maximum absolute atomic E-state index is 12.4. The van der Waals surface area contributed by atoms with E-state index in [1.54, 1.807) is 6.20 Å². The minimum Gasteiger partial charge on any atom is -0.445 e. The van der Waals surface area contributed by atoms with Gasteiger partial charge in [0.25, 0.3) is 0 Å². The van der Waals surface area contributed by atoms with E-state index in [-0.39, 0.29) is 11.3 Å². The van der Waals surface area contributed by atoms with Gasteiger partial charge in [-0.05, 0) is 25.0 Å². The van der Waals surface area contributed by atoms with Crippen LogP contribution in [0.1, 0.15) is 19.8 Å². The molecule has 1 saturated heterocycles. The van der Waals surface area contributed by atoms with Gasteiger partial charge >= 0.3 is 0 Å². The summed E-state index contributed by atoms with van der Waals surface area (Å²) in [7, 11) is 0. The average molecular weight is 318 g/mol. The maximum Gasteiger partial charge on any atom is 0.232 e. The number of hydrogen-bond acceptors (Lipinski definition) is 5. The third kappa shape index (κ3) is 3.45. The molecular formula is C16H18N2O3S. The smallest absolute Gasteiger partial charge is 0.232 e. The molecule has 1 amide bonds. The lowest BCUT2D eigenvalue weighted by molar-refractivity contribution is -0.129. The molecule has 1 aromatic heterocycles. The topological polar surface area (TPSA) is 60.5 Å². The number of nitrogens with one attached hydrogen (secondary N) is 1. The summed E-state index contributed by atoms with van der Waals surface area (Å²) in [6.07, 6.45) is 3.09. The molecule has 0 radical (unpaired) electrons. The molecule has 3 rings (SSSR count). The zero-order valence-corrected chi connectivity index (χ0v) is 13.2. The Morgan fingerprint density at radius 3 is 2.77 bits per heavy atom. The first-order valence-corrected chi connectivity index (χ1v) is 8.05. The number of thiazole rings is 1. The summed E-state index contributed by atoms with van der Waals surface area (Å²) in [6.45, 7) is 3.23. The number of para-hydroxylation sites is 1. The molecule has 0 saturated carbocycles. The number of ether oxygens (including phenoxy) is 2. The van der Waals surface area contributed by atoms with Gasteiger partial charge in [0.1, 0.15) is 5.75 Å². The molecule has 0 bridgehead atoms. The predicted molar refractivity (Wildman–Crippen MR) is 85.4 cm³/mol. The van der Waals surface area contributed by atoms with Crippen LogP contribution in [0.4, 0.5) is 5.13 Å². The van der Waals surface area contributed by atoms with Crippen LogP contribution in [0, 0.1) is 5.41 Å². The van der Waals surface area contributed by atoms with Crippen LogP contribution in [-0.4, -0.2) is 24.1 Å². The Morgan fingerprint density at radius 1 is 1.32 bits per heavy atom. The molecule has 0 aliphatic carbocycles. The van der Waals surface area contributed by atoms with E-state index in [1.807, 2.05) is 37.3 Å². The summed E-state index contributed by atoms with van der Waals surface area (Å²) in [6, 6.07) is 9.50. The normalized spacial score (nSPS) is 17.0. The third-order valence-electron chi connectivity index (χ3n) is 3.81. The fourth-order valence-electron chi connectivity index (χ4n) is 2.27. The number of carbonyl (C=O) groups excluding carboxylic acids is 1. The number of hydrogen-bond donors (Lipinski definition) is 1. The van der Waals surface area contributed by atoms with E-state index in [2.05, 4.69) is 10.3 Å². The number of anilines is 1. The molecule has 0 unspecified atom stereocenters. The minimum absolute atomic E-state index is 0.00332. The number of benzene rings is 1. The Labute approximate surface area is 133 Å². The van der Waals surface area contributed by atoms with E-state index >= 15 is 0 Å². The van der Waals surface area contributed by atoms with Crippen molar-refractivity contribution in [2.45, 2.75) is 19.8 Å². The molecule has 0 spiro atoms. The lowest BCUT2D eigenvalue weighted by Crippen LogP contribution is -2.38. The molecule has 2 heterocycles. The highest BCUT2D eigenvalue weighted by Gasteiger charge is 2.35. The molecule has 1 N–H and O–H groups in total. The van der Waals surface area contributed by atoms with Gasteiger partial charge in [-0.25, -0.2) is 4.98 Å². The number of rotatable bonds is 4. The SMILES string of the molecule is CC1(C(=O)Nc2ncc(Oc3ccccc3)s2)CCOCC1. The number of aromatic nitrogens is 1. The molecular weight excluding hydrogens is 300 g/mol. The first kappa shape index (κ1) is 15.0. The van der Waals surface area contributed by atoms with E-state index < -0.39 is 0 Å². The van der Waals surface area contributed by atoms with Crippen molar-refractivity contribution in [1.82, 2.24) is 4.98 Å². The van der Waals surface area contributed by atoms with Gasteiger partial charge in [-0.2, -0.15) is 0 Å². The second-order valence-corrected chi connectivity index (χ2v) is 6.52. The van der Waals surface area contributed by atoms with Gasteiger partial charge in [0.05, 0.1) is 11.6 Å². The van der Waals surface area contributed by atoms with E-state index in [0.717, 1.165) is 18.6 Å². The van der Waals surface area contributed by atoms with Gasteiger partial charge in [0.15, 0.2) is 5.13 Å². The van der Waals surface area contributed by atoms with Crippen LogP contribution in [0.2, 0.25) is 0 Å². The monoisotopic (exact) mass is 318 g/mol. The zero-order chi connectivity index (χ0) is 15.4. The van der Waals surface area contributed by atoms with Gasteiger partial charge in [0.2, 0.25) is 11.0 Å². The van der Waals surface area contributed by atoms with Crippen molar-refractivity contribution in [2.24, 2.45) is 5.41 Å². The molecule has 1 fully saturated rings. The second kappa shape index (κ2) is 6.46. The quantitative estimate of drug-likeness (QED) is 0.934. The van der Waals surface area contributed by atoms with Crippen LogP contribution in [0.15, 0.2) is 36.5 Å². The van der Waals surface area contributed by atoms with Crippen LogP contribution in [-0.2, 0) is 9.53 Å². The molecule has 116 valence electrons. The molecule has 6 heteroatoms. The molecule has 0 atom stereocenters. The summed E-state index contributed by atoms with van der Waals surface area (Å²) in [4.78, 5) is 16.6. The summed E-state index contributed by atoms with van der Waals surface area (Å²) in [5.41, 5.74) is -0.385. The molecule has 1 aromatic carbocycles. The highest BCUT2D eigenvalue weighted by molar-refractivity contribution is 7.17. The van der Waals surface area contributed by atoms with Crippen molar-refractivity contribution in [3.05, 3.63) is 36.5 Å². The summed E-state index contributed by atoms with van der Waals surface area (Å²) in [5.74, 6) is 0.747. The lowest BCUT2D eigenvalue weighted by Gasteiger charge is -2.31. The van der Waals surface area contributed by atoms with Crippen molar-refractivity contribution < 1.29 is 14.3 Å². The molecule has 1 aliphatic rings. The van der Waals surface area contributed by atoms with E-state index in [9.17, 15) is 4.79 Å². The van der Waals surface area contributed by atoms with Gasteiger partial charge in [-0.1, -0.05) is 36.5 Å². The fourth-order valence-corrected chi connectivity index (χ4v) is 2.95. The van der Waals surface area contributed by atoms with Crippen LogP contribution in [0.5, 0.6) is 10.8 Å². The van der Waals surface area contributed by atoms with E-state index in [0.29, 0.717) is 23.4 Å². The molecule has 22 heavy (non-hydrogen) atoms. The highest BCUT2D eigenvalue weighted by Crippen LogP contribution is 2.34. The van der Waals surface area contributed by atoms with Crippen LogP contribution in [0.25, 0.3) is 0 Å². The average Bonchev–Trinajstić information content (AvgIpc) is 2.96. The number of carbonyl (C=O) groups is 1. The summed E-state index contributed by atoms with van der Waals surface area (Å²) in [5, 5.41) is 4.10. The van der Waals surface area contributed by atoms with Crippen molar-refractivity contribution in [1.29, 1.82) is 0 Å². The predicted octanol–water partition coefficient (Wildman–Crippen LogP) is 3.69. The van der Waals surface area contributed by atoms with Crippen LogP contribution >= 0.6 is 11.3 Å². The highest BCUT2D eigenvalue weighted by atomic mass is 32.1. The fraction of sp³-hybridized carbons (Fsp3) is 0.375. The van der Waals surface area contributed by atoms with Crippen molar-refractivity contribution >= 4 is 22.4 Å². The first-order valence-electron chi connectivity index (χ1n) is 7.24. The Balaban J connectivity index is 1.63.